The maximum Gasteiger partial charge on any atom is 0.283 e. The second kappa shape index (κ2) is 8.53. The first-order chi connectivity index (χ1) is 13.4. The van der Waals surface area contributed by atoms with E-state index in [1.54, 1.807) is 47.6 Å². The van der Waals surface area contributed by atoms with E-state index in [0.29, 0.717) is 23.5 Å². The van der Waals surface area contributed by atoms with Gasteiger partial charge in [0.1, 0.15) is 0 Å². The van der Waals surface area contributed by atoms with E-state index in [0.717, 1.165) is 12.8 Å². The molecular formula is C20H21N3O4S. The predicted molar refractivity (Wildman–Crippen MR) is 108 cm³/mol. The molecule has 0 aromatic heterocycles. The van der Waals surface area contributed by atoms with Gasteiger partial charge in [0.2, 0.25) is 0 Å². The van der Waals surface area contributed by atoms with Crippen molar-refractivity contribution in [1.29, 1.82) is 0 Å². The smallest absolute Gasteiger partial charge is 0.283 e. The molecule has 0 aliphatic carbocycles. The molecule has 0 unspecified atom stereocenters. The first-order valence-electron chi connectivity index (χ1n) is 8.93. The van der Waals surface area contributed by atoms with Crippen molar-refractivity contribution < 1.29 is 14.5 Å². The number of thioether (sulfide) groups is 1. The van der Waals surface area contributed by atoms with Crippen LogP contribution in [0.4, 0.5) is 5.69 Å². The van der Waals surface area contributed by atoms with E-state index < -0.39 is 10.7 Å². The van der Waals surface area contributed by atoms with E-state index in [9.17, 15) is 19.7 Å². The summed E-state index contributed by atoms with van der Waals surface area (Å²) in [6, 6.07) is 11.1. The zero-order chi connectivity index (χ0) is 20.3. The first kappa shape index (κ1) is 20.0. The Morgan fingerprint density at radius 2 is 1.79 bits per heavy atom. The van der Waals surface area contributed by atoms with E-state index in [1.165, 1.54) is 17.8 Å². The van der Waals surface area contributed by atoms with Gasteiger partial charge >= 0.3 is 0 Å². The van der Waals surface area contributed by atoms with Crippen LogP contribution in [-0.2, 0) is 0 Å². The second-order valence-corrected chi connectivity index (χ2v) is 7.50. The lowest BCUT2D eigenvalue weighted by atomic mass is 9.96. The molecule has 146 valence electrons. The normalized spacial score (nSPS) is 14.7. The molecule has 0 bridgehead atoms. The number of likely N-dealkylation sites (tertiary alicyclic amines) is 1. The summed E-state index contributed by atoms with van der Waals surface area (Å²) in [5, 5.41) is 11.3. The van der Waals surface area contributed by atoms with Crippen LogP contribution < -0.4 is 5.73 Å². The highest BCUT2D eigenvalue weighted by atomic mass is 32.2. The standard InChI is InChI=1S/C20H21N3O4S/c1-28-18-7-6-13(12-17(18)23(26)27)19(24)15-4-2-3-5-16(15)20(25)22-10-8-14(21)9-11-22/h2-7,12,14H,8-11,21H2,1H3. The average molecular weight is 399 g/mol. The number of ketones is 1. The van der Waals surface area contributed by atoms with Crippen molar-refractivity contribution >= 4 is 29.1 Å². The van der Waals surface area contributed by atoms with Crippen molar-refractivity contribution in [3.05, 3.63) is 69.3 Å². The largest absolute Gasteiger partial charge is 0.339 e. The Hall–Kier alpha value is -2.71. The Labute approximate surface area is 167 Å². The molecule has 0 radical (unpaired) electrons. The molecule has 0 atom stereocenters. The summed E-state index contributed by atoms with van der Waals surface area (Å²) in [6.07, 6.45) is 3.19. The summed E-state index contributed by atoms with van der Waals surface area (Å²) in [4.78, 5) is 39.0. The summed E-state index contributed by atoms with van der Waals surface area (Å²) in [7, 11) is 0. The number of piperidine rings is 1. The molecule has 1 amide bonds. The summed E-state index contributed by atoms with van der Waals surface area (Å²) in [5.41, 5.74) is 6.52. The van der Waals surface area contributed by atoms with Crippen molar-refractivity contribution in [3.8, 4) is 0 Å². The van der Waals surface area contributed by atoms with Crippen molar-refractivity contribution in [2.75, 3.05) is 19.3 Å². The zero-order valence-electron chi connectivity index (χ0n) is 15.5. The summed E-state index contributed by atoms with van der Waals surface area (Å²) in [5.74, 6) is -0.625. The fraction of sp³-hybridized carbons (Fsp3) is 0.300. The van der Waals surface area contributed by atoms with E-state index in [2.05, 4.69) is 0 Å². The van der Waals surface area contributed by atoms with Gasteiger partial charge in [-0.25, -0.2) is 0 Å². The molecule has 2 aromatic carbocycles. The van der Waals surface area contributed by atoms with E-state index >= 15 is 0 Å². The number of amides is 1. The van der Waals surface area contributed by atoms with Crippen molar-refractivity contribution in [2.24, 2.45) is 5.73 Å². The van der Waals surface area contributed by atoms with Gasteiger partial charge in [-0.15, -0.1) is 11.8 Å². The lowest BCUT2D eigenvalue weighted by molar-refractivity contribution is -0.387. The summed E-state index contributed by atoms with van der Waals surface area (Å²) in [6.45, 7) is 1.10. The van der Waals surface area contributed by atoms with Crippen LogP contribution in [0, 0.1) is 10.1 Å². The maximum atomic E-state index is 13.1. The third kappa shape index (κ3) is 4.07. The summed E-state index contributed by atoms with van der Waals surface area (Å²) < 4.78 is 0. The van der Waals surface area contributed by atoms with Gasteiger partial charge in [0, 0.05) is 36.3 Å². The minimum atomic E-state index is -0.503. The maximum absolute atomic E-state index is 13.1. The molecule has 1 aliphatic rings. The number of nitro benzene ring substituents is 1. The lowest BCUT2D eigenvalue weighted by Gasteiger charge is -2.30. The highest BCUT2D eigenvalue weighted by Crippen LogP contribution is 2.29. The number of rotatable bonds is 5. The highest BCUT2D eigenvalue weighted by Gasteiger charge is 2.26. The van der Waals surface area contributed by atoms with Crippen LogP contribution in [0.2, 0.25) is 0 Å². The Bertz CT molecular complexity index is 923. The van der Waals surface area contributed by atoms with Gasteiger partial charge in [-0.1, -0.05) is 18.2 Å². The predicted octanol–water partition coefficient (Wildman–Crippen LogP) is 3.11. The van der Waals surface area contributed by atoms with Gasteiger partial charge in [0.05, 0.1) is 15.4 Å². The lowest BCUT2D eigenvalue weighted by Crippen LogP contribution is -2.43. The minimum Gasteiger partial charge on any atom is -0.339 e. The fourth-order valence-corrected chi connectivity index (χ4v) is 3.82. The van der Waals surface area contributed by atoms with Gasteiger partial charge in [0.25, 0.3) is 11.6 Å². The number of hydrogen-bond donors (Lipinski definition) is 1. The fourth-order valence-electron chi connectivity index (χ4n) is 3.27. The van der Waals surface area contributed by atoms with Crippen LogP contribution in [0.1, 0.15) is 39.1 Å². The third-order valence-corrected chi connectivity index (χ3v) is 5.65. The van der Waals surface area contributed by atoms with E-state index in [1.807, 2.05) is 0 Å². The SMILES string of the molecule is CSc1ccc(C(=O)c2ccccc2C(=O)N2CCC(N)CC2)cc1[N+](=O)[O-]. The van der Waals surface area contributed by atoms with Crippen LogP contribution in [0.5, 0.6) is 0 Å². The molecule has 1 heterocycles. The van der Waals surface area contributed by atoms with Crippen LogP contribution in [0.15, 0.2) is 47.4 Å². The molecule has 1 saturated heterocycles. The van der Waals surface area contributed by atoms with Gasteiger partial charge in [-0.2, -0.15) is 0 Å². The van der Waals surface area contributed by atoms with E-state index in [-0.39, 0.29) is 28.8 Å². The highest BCUT2D eigenvalue weighted by molar-refractivity contribution is 7.98. The number of nitrogens with two attached hydrogens (primary N) is 1. The number of carbonyl (C=O) groups is 2. The first-order valence-corrected chi connectivity index (χ1v) is 10.2. The minimum absolute atomic E-state index is 0.0939. The molecule has 7 nitrogen and oxygen atoms in total. The molecule has 2 aromatic rings. The van der Waals surface area contributed by atoms with Crippen molar-refractivity contribution in [1.82, 2.24) is 4.90 Å². The second-order valence-electron chi connectivity index (χ2n) is 6.65. The van der Waals surface area contributed by atoms with Gasteiger partial charge in [0.15, 0.2) is 5.78 Å². The number of benzene rings is 2. The number of carbonyl (C=O) groups excluding carboxylic acids is 2. The Morgan fingerprint density at radius 3 is 2.39 bits per heavy atom. The Balaban J connectivity index is 1.94. The van der Waals surface area contributed by atoms with Gasteiger partial charge in [-0.3, -0.25) is 19.7 Å². The zero-order valence-corrected chi connectivity index (χ0v) is 16.3. The van der Waals surface area contributed by atoms with Crippen LogP contribution in [0.3, 0.4) is 0 Å². The molecule has 28 heavy (non-hydrogen) atoms. The number of hydrogen-bond acceptors (Lipinski definition) is 6. The molecule has 8 heteroatoms. The van der Waals surface area contributed by atoms with Crippen molar-refractivity contribution in [2.45, 2.75) is 23.8 Å². The van der Waals surface area contributed by atoms with Crippen LogP contribution in [0.25, 0.3) is 0 Å². The molecular weight excluding hydrogens is 378 g/mol. The summed E-state index contributed by atoms with van der Waals surface area (Å²) >= 11 is 1.24. The monoisotopic (exact) mass is 399 g/mol. The topological polar surface area (TPSA) is 107 Å². The molecule has 2 N–H and O–H groups in total. The van der Waals surface area contributed by atoms with Crippen molar-refractivity contribution in [3.63, 3.8) is 0 Å². The van der Waals surface area contributed by atoms with Gasteiger partial charge < -0.3 is 10.6 Å². The van der Waals surface area contributed by atoms with Crippen LogP contribution >= 0.6 is 11.8 Å². The molecule has 1 fully saturated rings. The molecule has 0 saturated carbocycles. The number of nitro groups is 1. The van der Waals surface area contributed by atoms with Gasteiger partial charge in [-0.05, 0) is 37.3 Å². The molecule has 0 spiro atoms. The van der Waals surface area contributed by atoms with Crippen LogP contribution in [-0.4, -0.2) is 46.9 Å². The Morgan fingerprint density at radius 1 is 1.14 bits per heavy atom. The Kier molecular flexibility index (Phi) is 6.11. The molecule has 3 rings (SSSR count). The third-order valence-electron chi connectivity index (χ3n) is 4.87. The average Bonchev–Trinajstić information content (AvgIpc) is 2.72. The number of nitrogens with zero attached hydrogens (tertiary/aromatic N) is 2. The van der Waals surface area contributed by atoms with E-state index in [4.69, 9.17) is 5.73 Å². The quantitative estimate of drug-likeness (QED) is 0.358. The molecule has 1 aliphatic heterocycles.